The number of benzene rings is 2. The molecule has 1 saturated heterocycles. The van der Waals surface area contributed by atoms with E-state index in [9.17, 15) is 27.6 Å². The monoisotopic (exact) mass is 453 g/mol. The van der Waals surface area contributed by atoms with Crippen LogP contribution in [0.15, 0.2) is 58.0 Å². The molecule has 144 valence electrons. The van der Waals surface area contributed by atoms with Gasteiger partial charge in [-0.15, -0.1) is 0 Å². The van der Waals surface area contributed by atoms with Gasteiger partial charge < -0.3 is 0 Å². The molecule has 0 radical (unpaired) electrons. The molecule has 4 amide bonds. The van der Waals surface area contributed by atoms with E-state index in [1.54, 1.807) is 12.1 Å². The maximum Gasteiger partial charge on any atom is 0.416 e. The van der Waals surface area contributed by atoms with E-state index < -0.39 is 35.5 Å². The second-order valence-corrected chi connectivity index (χ2v) is 6.66. The Labute approximate surface area is 165 Å². The third kappa shape index (κ3) is 4.11. The fourth-order valence-electron chi connectivity index (χ4n) is 2.48. The summed E-state index contributed by atoms with van der Waals surface area (Å²) in [5.74, 6) is -3.22. The predicted molar refractivity (Wildman–Crippen MR) is 98.3 cm³/mol. The van der Waals surface area contributed by atoms with Gasteiger partial charge in [0.1, 0.15) is 0 Å². The number of anilines is 1. The largest absolute Gasteiger partial charge is 0.416 e. The third-order valence-electron chi connectivity index (χ3n) is 3.83. The first kappa shape index (κ1) is 19.7. The van der Waals surface area contributed by atoms with Crippen LogP contribution in [0.1, 0.15) is 5.56 Å². The number of carbonyl (C=O) groups is 3. The Morgan fingerprint density at radius 1 is 1.07 bits per heavy atom. The molecule has 10 heteroatoms. The minimum atomic E-state index is -4.55. The highest BCUT2D eigenvalue weighted by atomic mass is 79.9. The number of nitrogens with one attached hydrogen (secondary N) is 1. The van der Waals surface area contributed by atoms with Crippen molar-refractivity contribution in [1.82, 2.24) is 5.32 Å². The lowest BCUT2D eigenvalue weighted by atomic mass is 10.1. The predicted octanol–water partition coefficient (Wildman–Crippen LogP) is 4.07. The molecule has 0 spiro atoms. The number of nitrogens with zero attached hydrogens (tertiary/aromatic N) is 2. The molecule has 0 unspecified atom stereocenters. The number of hydrogen-bond acceptors (Lipinski definition) is 4. The fourth-order valence-corrected chi connectivity index (χ4v) is 2.74. The molecule has 0 bridgehead atoms. The molecule has 1 atom stereocenters. The molecular weight excluding hydrogens is 443 g/mol. The summed E-state index contributed by atoms with van der Waals surface area (Å²) in [6, 6.07) is 9.43. The Morgan fingerprint density at radius 3 is 2.39 bits per heavy atom. The number of halogens is 4. The van der Waals surface area contributed by atoms with E-state index in [0.717, 1.165) is 33.8 Å². The van der Waals surface area contributed by atoms with Gasteiger partial charge in [-0.1, -0.05) is 22.0 Å². The molecule has 28 heavy (non-hydrogen) atoms. The van der Waals surface area contributed by atoms with Crippen LogP contribution >= 0.6 is 15.9 Å². The molecule has 2 aromatic carbocycles. The zero-order valence-corrected chi connectivity index (χ0v) is 15.5. The minimum absolute atomic E-state index is 0.0810. The van der Waals surface area contributed by atoms with Crippen molar-refractivity contribution >= 4 is 51.4 Å². The molecule has 6 nitrogen and oxygen atoms in total. The first-order valence-corrected chi connectivity index (χ1v) is 8.62. The Morgan fingerprint density at radius 2 is 1.75 bits per heavy atom. The second-order valence-electron chi connectivity index (χ2n) is 5.75. The van der Waals surface area contributed by atoms with E-state index in [4.69, 9.17) is 0 Å². The summed E-state index contributed by atoms with van der Waals surface area (Å²) in [7, 11) is 0. The summed E-state index contributed by atoms with van der Waals surface area (Å²) in [5.41, 5.74) is -0.758. The standard InChI is InChI=1S/C18H11BrF3N3O3/c19-11-4-6-13(7-5-11)25-16(27)14(15(26)24-17(25)28)9-23-12-3-1-2-10(8-12)18(20,21)22/h1-9,14H,(H,24,26,28)/t14-/m0/s1. The summed E-state index contributed by atoms with van der Waals surface area (Å²) in [4.78, 5) is 41.3. The van der Waals surface area contributed by atoms with Crippen LogP contribution in [-0.2, 0) is 15.8 Å². The van der Waals surface area contributed by atoms with E-state index in [1.165, 1.54) is 18.2 Å². The molecular formula is C18H11BrF3N3O3. The van der Waals surface area contributed by atoms with Crippen LogP contribution in [0, 0.1) is 5.92 Å². The average molecular weight is 454 g/mol. The summed E-state index contributed by atoms with van der Waals surface area (Å²) < 4.78 is 39.1. The number of rotatable bonds is 3. The molecule has 3 rings (SSSR count). The lowest BCUT2D eigenvalue weighted by molar-refractivity contribution is -0.137. The lowest BCUT2D eigenvalue weighted by Gasteiger charge is -2.28. The van der Waals surface area contributed by atoms with E-state index in [0.29, 0.717) is 0 Å². The van der Waals surface area contributed by atoms with Gasteiger partial charge in [0.2, 0.25) is 5.91 Å². The Bertz CT molecular complexity index is 974. The van der Waals surface area contributed by atoms with E-state index >= 15 is 0 Å². The summed E-state index contributed by atoms with van der Waals surface area (Å²) in [6.45, 7) is 0. The normalized spacial score (nSPS) is 17.9. The van der Waals surface area contributed by atoms with Crippen molar-refractivity contribution in [3.63, 3.8) is 0 Å². The number of aliphatic imine (C=N–C) groups is 1. The van der Waals surface area contributed by atoms with Gasteiger partial charge in [-0.05, 0) is 42.5 Å². The number of amides is 4. The van der Waals surface area contributed by atoms with Crippen molar-refractivity contribution in [2.24, 2.45) is 10.9 Å². The Kier molecular flexibility index (Phi) is 5.32. The molecule has 0 aromatic heterocycles. The topological polar surface area (TPSA) is 78.8 Å². The third-order valence-corrected chi connectivity index (χ3v) is 4.36. The van der Waals surface area contributed by atoms with Gasteiger partial charge in [0.25, 0.3) is 5.91 Å². The van der Waals surface area contributed by atoms with Crippen molar-refractivity contribution in [2.45, 2.75) is 6.18 Å². The highest BCUT2D eigenvalue weighted by Crippen LogP contribution is 2.31. The molecule has 0 saturated carbocycles. The number of hydrogen-bond donors (Lipinski definition) is 1. The summed E-state index contributed by atoms with van der Waals surface area (Å²) >= 11 is 3.23. The van der Waals surface area contributed by atoms with Crippen molar-refractivity contribution in [3.05, 3.63) is 58.6 Å². The van der Waals surface area contributed by atoms with Crippen LogP contribution in [0.2, 0.25) is 0 Å². The van der Waals surface area contributed by atoms with E-state index in [1.807, 2.05) is 5.32 Å². The number of barbiturate groups is 1. The molecule has 1 heterocycles. The van der Waals surface area contributed by atoms with Crippen molar-refractivity contribution in [3.8, 4) is 0 Å². The fraction of sp³-hybridized carbons (Fsp3) is 0.111. The zero-order valence-electron chi connectivity index (χ0n) is 13.9. The first-order chi connectivity index (χ1) is 13.2. The van der Waals surface area contributed by atoms with Crippen molar-refractivity contribution in [2.75, 3.05) is 4.90 Å². The quantitative estimate of drug-likeness (QED) is 0.561. The highest BCUT2D eigenvalue weighted by molar-refractivity contribution is 9.10. The van der Waals surface area contributed by atoms with Crippen LogP contribution in [0.5, 0.6) is 0 Å². The van der Waals surface area contributed by atoms with Gasteiger partial charge in [0, 0.05) is 10.7 Å². The SMILES string of the molecule is O=C1NC(=O)N(c2ccc(Br)cc2)C(=O)[C@H]1C=Nc1cccc(C(F)(F)F)c1. The smallest absolute Gasteiger partial charge is 0.276 e. The molecule has 1 aliphatic rings. The molecule has 1 fully saturated rings. The number of urea groups is 1. The van der Waals surface area contributed by atoms with Crippen LogP contribution in [-0.4, -0.2) is 24.1 Å². The number of alkyl halides is 3. The molecule has 2 aromatic rings. The van der Waals surface area contributed by atoms with Gasteiger partial charge >= 0.3 is 12.2 Å². The van der Waals surface area contributed by atoms with Crippen molar-refractivity contribution in [1.29, 1.82) is 0 Å². The van der Waals surface area contributed by atoms with Gasteiger partial charge in [-0.3, -0.25) is 19.9 Å². The van der Waals surface area contributed by atoms with Gasteiger partial charge in [-0.25, -0.2) is 9.69 Å². The Balaban J connectivity index is 1.88. The maximum atomic E-state index is 12.8. The van der Waals surface area contributed by atoms with Gasteiger partial charge in [0.05, 0.1) is 16.9 Å². The molecule has 1 N–H and O–H groups in total. The average Bonchev–Trinajstić information content (AvgIpc) is 2.62. The number of imide groups is 2. The number of carbonyl (C=O) groups excluding carboxylic acids is 3. The molecule has 1 aliphatic heterocycles. The van der Waals surface area contributed by atoms with Crippen molar-refractivity contribution < 1.29 is 27.6 Å². The maximum absolute atomic E-state index is 12.8. The Hall–Kier alpha value is -3.01. The first-order valence-electron chi connectivity index (χ1n) is 7.82. The van der Waals surface area contributed by atoms with E-state index in [-0.39, 0.29) is 11.4 Å². The summed E-state index contributed by atoms with van der Waals surface area (Å²) in [6.07, 6.45) is -3.63. The van der Waals surface area contributed by atoms with E-state index in [2.05, 4.69) is 20.9 Å². The zero-order chi connectivity index (χ0) is 20.5. The second kappa shape index (κ2) is 7.55. The van der Waals surface area contributed by atoms with Crippen LogP contribution in [0.3, 0.4) is 0 Å². The highest BCUT2D eigenvalue weighted by Gasteiger charge is 2.40. The van der Waals surface area contributed by atoms with Crippen LogP contribution < -0.4 is 10.2 Å². The van der Waals surface area contributed by atoms with Gasteiger partial charge in [0.15, 0.2) is 5.92 Å². The lowest BCUT2D eigenvalue weighted by Crippen LogP contribution is -2.58. The van der Waals surface area contributed by atoms with Crippen LogP contribution in [0.25, 0.3) is 0 Å². The van der Waals surface area contributed by atoms with Gasteiger partial charge in [-0.2, -0.15) is 13.2 Å². The molecule has 0 aliphatic carbocycles. The van der Waals surface area contributed by atoms with Crippen LogP contribution in [0.4, 0.5) is 29.3 Å². The summed E-state index contributed by atoms with van der Waals surface area (Å²) in [5, 5.41) is 2.04. The minimum Gasteiger partial charge on any atom is -0.276 e.